The Morgan fingerprint density at radius 2 is 1.10 bits per heavy atom. The molecule has 6 rings (SSSR count). The molecule has 0 amide bonds. The van der Waals surface area contributed by atoms with Crippen molar-refractivity contribution in [2.24, 2.45) is 41.4 Å². The molecular weight excluding hydrogens is 766 g/mol. The van der Waals surface area contributed by atoms with Gasteiger partial charge in [-0.05, 0) is 158 Å². The molecule has 5 fully saturated rings. The summed E-state index contributed by atoms with van der Waals surface area (Å²) in [5.41, 5.74) is 1.50. The van der Waals surface area contributed by atoms with Crippen molar-refractivity contribution in [1.82, 2.24) is 5.32 Å². The van der Waals surface area contributed by atoms with Gasteiger partial charge in [0.05, 0.1) is 0 Å². The van der Waals surface area contributed by atoms with E-state index in [1.807, 2.05) is 6.08 Å². The third kappa shape index (κ3) is 30.4. The Balaban J connectivity index is 0. The fourth-order valence-corrected chi connectivity index (χ4v) is 10.0. The van der Waals surface area contributed by atoms with Crippen LogP contribution in [0.1, 0.15) is 208 Å². The van der Waals surface area contributed by atoms with Crippen LogP contribution < -0.4 is 40.0 Å². The van der Waals surface area contributed by atoms with Gasteiger partial charge in [-0.3, -0.25) is 19.2 Å². The van der Waals surface area contributed by atoms with Gasteiger partial charge in [0.1, 0.15) is 5.78 Å². The number of nitrogens with one attached hydrogen (secondary N) is 1. The van der Waals surface area contributed by atoms with E-state index < -0.39 is 11.9 Å². The average molecular weight is 854 g/mol. The number of aliphatic carboxylic acids is 2. The van der Waals surface area contributed by atoms with Crippen LogP contribution in [-0.2, 0) is 24.0 Å². The fourth-order valence-electron chi connectivity index (χ4n) is 10.0. The third-order valence-electron chi connectivity index (χ3n) is 13.4. The molecule has 2 atom stereocenters. The van der Waals surface area contributed by atoms with Crippen LogP contribution in [0.3, 0.4) is 0 Å². The van der Waals surface area contributed by atoms with Crippen molar-refractivity contribution in [2.75, 3.05) is 13.1 Å². The molecule has 0 radical (unpaired) electrons. The minimum atomic E-state index is -1.08. The predicted octanol–water partition coefficient (Wildman–Crippen LogP) is 7.37. The van der Waals surface area contributed by atoms with Crippen molar-refractivity contribution < 1.29 is 69.2 Å². The Morgan fingerprint density at radius 3 is 1.48 bits per heavy atom. The number of hydrogen-bond donors (Lipinski definition) is 2. The first-order valence-corrected chi connectivity index (χ1v) is 23.7. The zero-order valence-electron chi connectivity index (χ0n) is 39.3. The van der Waals surface area contributed by atoms with Crippen molar-refractivity contribution >= 4 is 29.3 Å². The van der Waals surface area contributed by atoms with Crippen LogP contribution in [0.25, 0.3) is 0 Å². The van der Waals surface area contributed by atoms with Crippen molar-refractivity contribution in [3.05, 3.63) is 24.3 Å². The van der Waals surface area contributed by atoms with Crippen LogP contribution in [0, 0.1) is 41.4 Å². The van der Waals surface area contributed by atoms with E-state index in [0.717, 1.165) is 81.0 Å². The van der Waals surface area contributed by atoms with Crippen LogP contribution >= 0.6 is 0 Å². The first kappa shape index (κ1) is 60.4. The van der Waals surface area contributed by atoms with E-state index >= 15 is 0 Å². The first-order valence-electron chi connectivity index (χ1n) is 23.7. The number of carboxylic acids is 2. The molecule has 9 nitrogen and oxygen atoms in total. The molecule has 2 unspecified atom stereocenters. The van der Waals surface area contributed by atoms with Crippen LogP contribution in [-0.4, -0.2) is 53.0 Å². The summed E-state index contributed by atoms with van der Waals surface area (Å²) >= 11 is 0. The quantitative estimate of drug-likeness (QED) is 0.123. The zero-order valence-corrected chi connectivity index (χ0v) is 41.3. The third-order valence-corrected chi connectivity index (χ3v) is 13.4. The Morgan fingerprint density at radius 1 is 0.700 bits per heavy atom. The molecular formula is C50H88NNaO8. The molecule has 4 saturated carbocycles. The molecule has 4 N–H and O–H groups in total. The van der Waals surface area contributed by atoms with E-state index in [1.165, 1.54) is 179 Å². The maximum Gasteiger partial charge on any atom is 1.00 e. The fraction of sp³-hybridized carbons (Fsp3) is 0.820. The van der Waals surface area contributed by atoms with Gasteiger partial charge < -0.3 is 25.8 Å². The summed E-state index contributed by atoms with van der Waals surface area (Å²) in [6.07, 6.45) is 39.4. The molecule has 1 heterocycles. The van der Waals surface area contributed by atoms with Gasteiger partial charge in [-0.25, -0.2) is 0 Å². The van der Waals surface area contributed by atoms with Crippen molar-refractivity contribution in [3.63, 3.8) is 0 Å². The molecule has 0 aromatic heterocycles. The minimum Gasteiger partial charge on any atom is -0.550 e. The van der Waals surface area contributed by atoms with Gasteiger partial charge in [0.25, 0.3) is 5.97 Å². The smallest absolute Gasteiger partial charge is 0.550 e. The van der Waals surface area contributed by atoms with Crippen LogP contribution in [0.15, 0.2) is 24.3 Å². The Hall–Kier alpha value is -1.65. The van der Waals surface area contributed by atoms with Crippen molar-refractivity contribution in [3.8, 4) is 0 Å². The van der Waals surface area contributed by atoms with Gasteiger partial charge in [-0.2, -0.15) is 0 Å². The molecule has 0 aromatic carbocycles. The summed E-state index contributed by atoms with van der Waals surface area (Å²) in [7, 11) is 0. The second-order valence-electron chi connectivity index (χ2n) is 18.2. The summed E-state index contributed by atoms with van der Waals surface area (Å²) in [5, 5.41) is 19.5. The molecule has 0 aromatic rings. The molecule has 6 aliphatic rings. The van der Waals surface area contributed by atoms with E-state index in [2.05, 4.69) is 25.7 Å². The Kier molecular flexibility index (Phi) is 38.1. The predicted molar refractivity (Wildman–Crippen MR) is 240 cm³/mol. The summed E-state index contributed by atoms with van der Waals surface area (Å²) in [5.74, 6) is 5.64. The maximum atomic E-state index is 11.6. The molecule has 0 bridgehead atoms. The van der Waals surface area contributed by atoms with E-state index in [4.69, 9.17) is 19.8 Å². The van der Waals surface area contributed by atoms with Gasteiger partial charge in [-0.1, -0.05) is 103 Å². The number of unbranched alkanes of at least 4 members (excludes halogenated alkanes) is 4. The number of rotatable bonds is 11. The van der Waals surface area contributed by atoms with Crippen molar-refractivity contribution in [1.29, 1.82) is 0 Å². The number of ketones is 3. The monoisotopic (exact) mass is 854 g/mol. The second kappa shape index (κ2) is 37.9. The molecule has 0 spiro atoms. The SMILES string of the molecule is C1CCNC1.C=CC(C)=O.CC(=O)O.CC(=O)[O-].CCCCCC1CCC(C2CCC(=O)CC2)CC1.CCCCCC1CCC(C2CCC3=CC(=O)CCC3C2)CC1.O.[Na+]. The number of Topliss-reactive ketones (excluding diaryl/α,β-unsaturated/α-hetero) is 1. The number of fused-ring (bicyclic) bond motifs is 1. The van der Waals surface area contributed by atoms with E-state index in [1.54, 1.807) is 0 Å². The summed E-state index contributed by atoms with van der Waals surface area (Å²) in [6, 6.07) is 0. The number of carbonyl (C=O) groups excluding carboxylic acids is 4. The number of allylic oxidation sites excluding steroid dienone is 3. The van der Waals surface area contributed by atoms with E-state index in [0.29, 0.717) is 11.6 Å². The first-order chi connectivity index (χ1) is 27.8. The van der Waals surface area contributed by atoms with Gasteiger partial charge in [0.15, 0.2) is 11.6 Å². The standard InChI is InChI=1S/C21H34O.C17H30O.C4H9N.C4H6O.2C2H4O2.Na.H2O/c1-2-3-4-5-16-6-8-17(9-7-16)18-10-11-20-15-21(22)13-12-19(20)14-18;1-2-3-4-5-14-6-8-15(9-7-14)16-10-12-17(18)13-11-16;1-2-4-5-3-1;1-3-4(2)5;2*1-2(3)4;;/h15-19H,2-14H2,1H3;14-16H,2-13H2,1H3;5H,1-4H2;3H,1H2,2H3;2*1H3,(H,3,4);;1H2/q;;;;;;+1;/p-1. The summed E-state index contributed by atoms with van der Waals surface area (Å²) in [4.78, 5) is 50.4. The summed E-state index contributed by atoms with van der Waals surface area (Å²) < 4.78 is 0. The topological polar surface area (TPSA) is 172 Å². The van der Waals surface area contributed by atoms with Crippen LogP contribution in [0.5, 0.6) is 0 Å². The largest absolute Gasteiger partial charge is 1.00 e. The van der Waals surface area contributed by atoms with E-state index in [9.17, 15) is 14.4 Å². The average Bonchev–Trinajstić information content (AvgIpc) is 3.80. The Bertz CT molecular complexity index is 1160. The maximum absolute atomic E-state index is 11.6. The summed E-state index contributed by atoms with van der Waals surface area (Å²) in [6.45, 7) is 13.8. The zero-order chi connectivity index (χ0) is 43.1. The van der Waals surface area contributed by atoms with E-state index in [-0.39, 0.29) is 40.8 Å². The second-order valence-corrected chi connectivity index (χ2v) is 18.2. The van der Waals surface area contributed by atoms with Gasteiger partial charge in [0.2, 0.25) is 0 Å². The van der Waals surface area contributed by atoms with Gasteiger partial charge in [0, 0.05) is 32.2 Å². The normalized spacial score (nSPS) is 25.7. The number of hydrogen-bond acceptors (Lipinski definition) is 7. The number of carboxylic acid groups (broad SMARTS) is 2. The molecule has 342 valence electrons. The molecule has 60 heavy (non-hydrogen) atoms. The Labute approximate surface area is 388 Å². The molecule has 10 heteroatoms. The molecule has 5 aliphatic carbocycles. The van der Waals surface area contributed by atoms with Gasteiger partial charge in [-0.15, -0.1) is 0 Å². The molecule has 1 saturated heterocycles. The minimum absolute atomic E-state index is 0. The van der Waals surface area contributed by atoms with Crippen LogP contribution in [0.4, 0.5) is 0 Å². The van der Waals surface area contributed by atoms with Gasteiger partial charge >= 0.3 is 29.6 Å². The van der Waals surface area contributed by atoms with Crippen LogP contribution in [0.2, 0.25) is 0 Å². The van der Waals surface area contributed by atoms with Crippen molar-refractivity contribution in [2.45, 2.75) is 208 Å². The number of carbonyl (C=O) groups is 5. The molecule has 1 aliphatic heterocycles.